The minimum atomic E-state index is 0.286. The highest BCUT2D eigenvalue weighted by Gasteiger charge is 2.56. The van der Waals surface area contributed by atoms with Gasteiger partial charge in [0, 0.05) is 38.0 Å². The van der Waals surface area contributed by atoms with E-state index in [0.29, 0.717) is 30.0 Å². The number of fused-ring (bicyclic) bond motifs is 4. The highest BCUT2D eigenvalue weighted by molar-refractivity contribution is 5.93. The third-order valence-electron chi connectivity index (χ3n) is 8.86. The third kappa shape index (κ3) is 3.29. The molecular formula is C29H35NO. The molecule has 1 aromatic rings. The minimum absolute atomic E-state index is 0.286. The molecule has 0 amide bonds. The van der Waals surface area contributed by atoms with E-state index in [0.717, 1.165) is 18.8 Å². The van der Waals surface area contributed by atoms with E-state index in [1.165, 1.54) is 42.5 Å². The maximum Gasteiger partial charge on any atom is 0.156 e. The van der Waals surface area contributed by atoms with Crippen molar-refractivity contribution in [1.82, 2.24) is 0 Å². The minimum Gasteiger partial charge on any atom is -0.378 e. The predicted molar refractivity (Wildman–Crippen MR) is 128 cm³/mol. The fraction of sp³-hybridized carbons (Fsp3) is 0.552. The molecule has 4 aliphatic rings. The number of allylic oxidation sites excluding steroid dienone is 4. The zero-order chi connectivity index (χ0) is 21.8. The summed E-state index contributed by atoms with van der Waals surface area (Å²) in [6, 6.07) is 9.25. The highest BCUT2D eigenvalue weighted by atomic mass is 16.1. The molecule has 31 heavy (non-hydrogen) atoms. The van der Waals surface area contributed by atoms with Crippen molar-refractivity contribution in [2.75, 3.05) is 19.0 Å². The second-order valence-electron chi connectivity index (χ2n) is 10.6. The van der Waals surface area contributed by atoms with Crippen LogP contribution in [0.15, 0.2) is 47.1 Å². The van der Waals surface area contributed by atoms with Crippen molar-refractivity contribution in [3.05, 3.63) is 52.6 Å². The first-order chi connectivity index (χ1) is 14.9. The smallest absolute Gasteiger partial charge is 0.156 e. The molecule has 0 radical (unpaired) electrons. The van der Waals surface area contributed by atoms with Crippen LogP contribution in [0, 0.1) is 35.0 Å². The van der Waals surface area contributed by atoms with E-state index in [2.05, 4.69) is 62.0 Å². The summed E-state index contributed by atoms with van der Waals surface area (Å²) in [5.74, 6) is 9.54. The number of nitrogens with zero attached hydrogens (tertiary/aromatic N) is 1. The first-order valence-electron chi connectivity index (χ1n) is 12.1. The number of rotatable bonds is 2. The van der Waals surface area contributed by atoms with Crippen LogP contribution in [0.2, 0.25) is 0 Å². The maximum atomic E-state index is 12.2. The summed E-state index contributed by atoms with van der Waals surface area (Å²) >= 11 is 0. The van der Waals surface area contributed by atoms with Crippen molar-refractivity contribution < 1.29 is 4.79 Å². The van der Waals surface area contributed by atoms with Gasteiger partial charge >= 0.3 is 0 Å². The van der Waals surface area contributed by atoms with Gasteiger partial charge in [-0.15, -0.1) is 5.92 Å². The van der Waals surface area contributed by atoms with Gasteiger partial charge in [0.2, 0.25) is 0 Å². The molecule has 0 aromatic heterocycles. The van der Waals surface area contributed by atoms with E-state index in [4.69, 9.17) is 0 Å². The zero-order valence-electron chi connectivity index (χ0n) is 19.5. The Morgan fingerprint density at radius 2 is 1.81 bits per heavy atom. The van der Waals surface area contributed by atoms with Crippen molar-refractivity contribution in [3.63, 3.8) is 0 Å². The van der Waals surface area contributed by atoms with Crippen molar-refractivity contribution in [2.45, 2.75) is 64.7 Å². The molecule has 5 rings (SSSR count). The van der Waals surface area contributed by atoms with Crippen LogP contribution in [0.1, 0.15) is 70.3 Å². The molecule has 4 aliphatic carbocycles. The van der Waals surface area contributed by atoms with E-state index in [1.54, 1.807) is 11.1 Å². The predicted octanol–water partition coefficient (Wildman–Crippen LogP) is 6.29. The summed E-state index contributed by atoms with van der Waals surface area (Å²) in [5.41, 5.74) is 7.57. The van der Waals surface area contributed by atoms with Crippen LogP contribution in [0.25, 0.3) is 0 Å². The van der Waals surface area contributed by atoms with Crippen molar-refractivity contribution in [2.24, 2.45) is 23.2 Å². The molecule has 0 unspecified atom stereocenters. The van der Waals surface area contributed by atoms with Crippen molar-refractivity contribution in [1.29, 1.82) is 0 Å². The van der Waals surface area contributed by atoms with Crippen LogP contribution in [0.3, 0.4) is 0 Å². The zero-order valence-corrected chi connectivity index (χ0v) is 19.5. The van der Waals surface area contributed by atoms with Crippen LogP contribution >= 0.6 is 0 Å². The first-order valence-corrected chi connectivity index (χ1v) is 12.1. The van der Waals surface area contributed by atoms with E-state index in [1.807, 2.05) is 13.0 Å². The fourth-order valence-corrected chi connectivity index (χ4v) is 7.37. The quantitative estimate of drug-likeness (QED) is 0.531. The molecule has 0 spiro atoms. The average molecular weight is 414 g/mol. The van der Waals surface area contributed by atoms with Gasteiger partial charge in [0.25, 0.3) is 0 Å². The summed E-state index contributed by atoms with van der Waals surface area (Å²) < 4.78 is 0. The van der Waals surface area contributed by atoms with E-state index < -0.39 is 0 Å². The van der Waals surface area contributed by atoms with E-state index >= 15 is 0 Å². The number of carbonyl (C=O) groups is 1. The van der Waals surface area contributed by atoms with Crippen LogP contribution < -0.4 is 4.90 Å². The Hall–Kier alpha value is -2.27. The molecule has 0 aliphatic heterocycles. The Kier molecular flexibility index (Phi) is 5.12. The molecule has 0 bridgehead atoms. The average Bonchev–Trinajstić information content (AvgIpc) is 3.09. The Morgan fingerprint density at radius 1 is 1.03 bits per heavy atom. The summed E-state index contributed by atoms with van der Waals surface area (Å²) in [6.07, 6.45) is 9.64. The second-order valence-corrected chi connectivity index (χ2v) is 10.6. The number of anilines is 1. The monoisotopic (exact) mass is 413 g/mol. The Balaban J connectivity index is 1.64. The van der Waals surface area contributed by atoms with Gasteiger partial charge in [-0.25, -0.2) is 0 Å². The first kappa shape index (κ1) is 20.6. The van der Waals surface area contributed by atoms with Gasteiger partial charge in [0.15, 0.2) is 5.78 Å². The molecule has 2 nitrogen and oxygen atoms in total. The van der Waals surface area contributed by atoms with Crippen molar-refractivity contribution in [3.8, 4) is 11.8 Å². The molecule has 5 atom stereocenters. The lowest BCUT2D eigenvalue weighted by atomic mass is 9.52. The number of benzene rings is 1. The van der Waals surface area contributed by atoms with Gasteiger partial charge in [-0.2, -0.15) is 0 Å². The molecule has 162 valence electrons. The van der Waals surface area contributed by atoms with Crippen molar-refractivity contribution >= 4 is 11.5 Å². The SMILES string of the molecule is CC#C[C@@H]1CC[C@H]2[C@@H]3CCC4=CC(=O)CCC4=C3[C@@H](c3ccc(N(C)C)cc3)C[C@]12C. The summed E-state index contributed by atoms with van der Waals surface area (Å²) in [7, 11) is 4.21. The van der Waals surface area contributed by atoms with Gasteiger partial charge in [-0.1, -0.05) is 30.6 Å². The highest BCUT2D eigenvalue weighted by Crippen LogP contribution is 2.65. The Bertz CT molecular complexity index is 1020. The lowest BCUT2D eigenvalue weighted by molar-refractivity contribution is -0.114. The molecule has 2 saturated carbocycles. The standard InChI is InChI=1S/C29H35NO/c1-5-6-21-10-16-27-25-14-9-20-17-23(31)13-15-24(20)28(25)26(18-29(21,27)2)19-7-11-22(12-8-19)30(3)4/h7-8,11-12,17,21,25-27H,9-10,13-16,18H2,1-4H3/t21-,25+,26-,27+,29-/m1/s1. The van der Waals surface area contributed by atoms with Crippen LogP contribution in [-0.2, 0) is 4.79 Å². The lowest BCUT2D eigenvalue weighted by Gasteiger charge is -2.52. The van der Waals surface area contributed by atoms with E-state index in [9.17, 15) is 4.79 Å². The number of carbonyl (C=O) groups excluding carboxylic acids is 1. The summed E-state index contributed by atoms with van der Waals surface area (Å²) in [5, 5.41) is 0. The Morgan fingerprint density at radius 3 is 2.52 bits per heavy atom. The topological polar surface area (TPSA) is 20.3 Å². The molecule has 0 N–H and O–H groups in total. The number of hydrogen-bond acceptors (Lipinski definition) is 2. The fourth-order valence-electron chi connectivity index (χ4n) is 7.37. The van der Waals surface area contributed by atoms with E-state index in [-0.39, 0.29) is 5.41 Å². The van der Waals surface area contributed by atoms with Gasteiger partial charge in [-0.05, 0) is 97.6 Å². The van der Waals surface area contributed by atoms with Gasteiger partial charge in [0.1, 0.15) is 0 Å². The number of hydrogen-bond donors (Lipinski definition) is 0. The summed E-state index contributed by atoms with van der Waals surface area (Å²) in [6.45, 7) is 4.54. The van der Waals surface area contributed by atoms with Gasteiger partial charge in [-0.3, -0.25) is 4.79 Å². The largest absolute Gasteiger partial charge is 0.378 e. The number of ketones is 1. The molecule has 2 heteroatoms. The Labute approximate surface area is 187 Å². The third-order valence-corrected chi connectivity index (χ3v) is 8.86. The molecule has 0 heterocycles. The maximum absolute atomic E-state index is 12.2. The second kappa shape index (κ2) is 7.70. The summed E-state index contributed by atoms with van der Waals surface area (Å²) in [4.78, 5) is 14.3. The molecule has 0 saturated heterocycles. The normalized spacial score (nSPS) is 34.2. The van der Waals surface area contributed by atoms with Crippen LogP contribution in [-0.4, -0.2) is 19.9 Å². The van der Waals surface area contributed by atoms with Crippen LogP contribution in [0.5, 0.6) is 0 Å². The van der Waals surface area contributed by atoms with Crippen LogP contribution in [0.4, 0.5) is 5.69 Å². The molecule has 1 aromatic carbocycles. The molecule has 2 fully saturated rings. The molecular weight excluding hydrogens is 378 g/mol. The van der Waals surface area contributed by atoms with Gasteiger partial charge in [0.05, 0.1) is 0 Å². The van der Waals surface area contributed by atoms with Gasteiger partial charge < -0.3 is 4.90 Å². The lowest BCUT2D eigenvalue weighted by Crippen LogP contribution is -2.43.